The van der Waals surface area contributed by atoms with Crippen molar-refractivity contribution in [1.29, 1.82) is 0 Å². The molecule has 0 saturated heterocycles. The highest BCUT2D eigenvalue weighted by atomic mass is 16.1. The normalized spacial score (nSPS) is 10.6. The molecule has 1 N–H and O–H groups in total. The summed E-state index contributed by atoms with van der Waals surface area (Å²) in [7, 11) is 0. The first-order valence-electron chi connectivity index (χ1n) is 6.48. The van der Waals surface area contributed by atoms with E-state index in [0.29, 0.717) is 12.3 Å². The van der Waals surface area contributed by atoms with Crippen LogP contribution in [0.5, 0.6) is 0 Å². The fraction of sp³-hybridized carbons (Fsp3) is 0.533. The molecule has 0 aliphatic heterocycles. The first-order valence-corrected chi connectivity index (χ1v) is 6.48. The SMILES string of the molecule is CCC(CC)CNC(=O)Cc1ccc(C)cc1. The van der Waals surface area contributed by atoms with E-state index in [2.05, 4.69) is 26.1 Å². The quantitative estimate of drug-likeness (QED) is 0.803. The Balaban J connectivity index is 2.37. The minimum absolute atomic E-state index is 0.126. The molecule has 0 heterocycles. The van der Waals surface area contributed by atoms with Gasteiger partial charge in [-0.05, 0) is 18.4 Å². The van der Waals surface area contributed by atoms with Crippen LogP contribution in [0.15, 0.2) is 24.3 Å². The predicted octanol–water partition coefficient (Wildman–Crippen LogP) is 3.09. The monoisotopic (exact) mass is 233 g/mol. The van der Waals surface area contributed by atoms with Crippen molar-refractivity contribution in [3.8, 4) is 0 Å². The summed E-state index contributed by atoms with van der Waals surface area (Å²) in [6, 6.07) is 8.13. The third-order valence-electron chi connectivity index (χ3n) is 3.23. The standard InChI is InChI=1S/C15H23NO/c1-4-13(5-2)11-16-15(17)10-14-8-6-12(3)7-9-14/h6-9,13H,4-5,10-11H2,1-3H3,(H,16,17). The van der Waals surface area contributed by atoms with Crippen molar-refractivity contribution in [1.82, 2.24) is 5.32 Å². The van der Waals surface area contributed by atoms with E-state index < -0.39 is 0 Å². The summed E-state index contributed by atoms with van der Waals surface area (Å²) in [5.74, 6) is 0.734. The molecule has 0 radical (unpaired) electrons. The lowest BCUT2D eigenvalue weighted by Crippen LogP contribution is -2.30. The molecule has 1 rings (SSSR count). The van der Waals surface area contributed by atoms with Crippen LogP contribution in [0.25, 0.3) is 0 Å². The Kier molecular flexibility index (Phi) is 5.75. The molecule has 0 spiro atoms. The largest absolute Gasteiger partial charge is 0.356 e. The third-order valence-corrected chi connectivity index (χ3v) is 3.23. The minimum Gasteiger partial charge on any atom is -0.356 e. The molecule has 17 heavy (non-hydrogen) atoms. The van der Waals surface area contributed by atoms with Crippen molar-refractivity contribution in [2.75, 3.05) is 6.54 Å². The second-order valence-electron chi connectivity index (χ2n) is 4.65. The van der Waals surface area contributed by atoms with E-state index in [1.54, 1.807) is 0 Å². The molecule has 1 amide bonds. The van der Waals surface area contributed by atoms with E-state index in [1.165, 1.54) is 5.56 Å². The fourth-order valence-electron chi connectivity index (χ4n) is 1.79. The van der Waals surface area contributed by atoms with Gasteiger partial charge in [0.15, 0.2) is 0 Å². The average Bonchev–Trinajstić information content (AvgIpc) is 2.33. The first kappa shape index (κ1) is 13.8. The lowest BCUT2D eigenvalue weighted by Gasteiger charge is -2.13. The van der Waals surface area contributed by atoms with Gasteiger partial charge in [0.05, 0.1) is 6.42 Å². The topological polar surface area (TPSA) is 29.1 Å². The number of carbonyl (C=O) groups is 1. The van der Waals surface area contributed by atoms with Crippen molar-refractivity contribution in [3.05, 3.63) is 35.4 Å². The van der Waals surface area contributed by atoms with Gasteiger partial charge in [0.2, 0.25) is 5.91 Å². The Hall–Kier alpha value is -1.31. The summed E-state index contributed by atoms with van der Waals surface area (Å²) in [5, 5.41) is 3.01. The molecular weight excluding hydrogens is 210 g/mol. The van der Waals surface area contributed by atoms with E-state index in [-0.39, 0.29) is 5.91 Å². The van der Waals surface area contributed by atoms with Gasteiger partial charge in [0.25, 0.3) is 0 Å². The zero-order valence-corrected chi connectivity index (χ0v) is 11.1. The number of aryl methyl sites for hydroxylation is 1. The molecule has 0 aliphatic carbocycles. The van der Waals surface area contributed by atoms with Crippen molar-refractivity contribution in [3.63, 3.8) is 0 Å². The molecule has 0 saturated carbocycles. The van der Waals surface area contributed by atoms with E-state index in [4.69, 9.17) is 0 Å². The fourth-order valence-corrected chi connectivity index (χ4v) is 1.79. The molecule has 0 atom stereocenters. The van der Waals surface area contributed by atoms with Crippen molar-refractivity contribution >= 4 is 5.91 Å². The maximum atomic E-state index is 11.7. The number of amides is 1. The Labute approximate surface area is 104 Å². The van der Waals surface area contributed by atoms with Crippen LogP contribution in [0.4, 0.5) is 0 Å². The molecule has 2 heteroatoms. The Bertz CT molecular complexity index is 338. The molecule has 0 fully saturated rings. The molecule has 94 valence electrons. The van der Waals surface area contributed by atoms with Gasteiger partial charge in [-0.25, -0.2) is 0 Å². The maximum Gasteiger partial charge on any atom is 0.224 e. The number of benzene rings is 1. The van der Waals surface area contributed by atoms with Crippen LogP contribution in [0.1, 0.15) is 37.8 Å². The molecule has 0 bridgehead atoms. The Morgan fingerprint density at radius 1 is 1.18 bits per heavy atom. The third kappa shape index (κ3) is 5.03. The van der Waals surface area contributed by atoms with E-state index >= 15 is 0 Å². The number of rotatable bonds is 6. The van der Waals surface area contributed by atoms with Crippen LogP contribution in [-0.2, 0) is 11.2 Å². The summed E-state index contributed by atoms with van der Waals surface area (Å²) in [5.41, 5.74) is 2.31. The zero-order valence-electron chi connectivity index (χ0n) is 11.1. The molecule has 0 aliphatic rings. The maximum absolute atomic E-state index is 11.7. The second kappa shape index (κ2) is 7.10. The van der Waals surface area contributed by atoms with Gasteiger partial charge < -0.3 is 5.32 Å². The molecule has 0 unspecified atom stereocenters. The summed E-state index contributed by atoms with van der Waals surface area (Å²) < 4.78 is 0. The summed E-state index contributed by atoms with van der Waals surface area (Å²) in [4.78, 5) is 11.7. The highest BCUT2D eigenvalue weighted by Crippen LogP contribution is 2.06. The van der Waals surface area contributed by atoms with Crippen molar-refractivity contribution in [2.45, 2.75) is 40.0 Å². The van der Waals surface area contributed by atoms with E-state index in [1.807, 2.05) is 24.3 Å². The van der Waals surface area contributed by atoms with Gasteiger partial charge in [0, 0.05) is 6.54 Å². The number of hydrogen-bond donors (Lipinski definition) is 1. The Morgan fingerprint density at radius 3 is 2.29 bits per heavy atom. The van der Waals surface area contributed by atoms with Gasteiger partial charge in [0.1, 0.15) is 0 Å². The number of hydrogen-bond acceptors (Lipinski definition) is 1. The van der Waals surface area contributed by atoms with Crippen molar-refractivity contribution in [2.24, 2.45) is 5.92 Å². The summed E-state index contributed by atoms with van der Waals surface area (Å²) in [6.07, 6.45) is 2.74. The second-order valence-corrected chi connectivity index (χ2v) is 4.65. The van der Waals surface area contributed by atoms with Crippen molar-refractivity contribution < 1.29 is 4.79 Å². The van der Waals surface area contributed by atoms with E-state index in [9.17, 15) is 4.79 Å². The van der Waals surface area contributed by atoms with Gasteiger partial charge in [-0.3, -0.25) is 4.79 Å². The molecule has 1 aromatic rings. The van der Waals surface area contributed by atoms with Gasteiger partial charge in [-0.2, -0.15) is 0 Å². The van der Waals surface area contributed by atoms with Crippen LogP contribution in [0.2, 0.25) is 0 Å². The highest BCUT2D eigenvalue weighted by Gasteiger charge is 2.07. The van der Waals surface area contributed by atoms with Crippen LogP contribution >= 0.6 is 0 Å². The number of carbonyl (C=O) groups excluding carboxylic acids is 1. The molecule has 0 aromatic heterocycles. The van der Waals surface area contributed by atoms with E-state index in [0.717, 1.165) is 24.9 Å². The summed E-state index contributed by atoms with van der Waals surface area (Å²) >= 11 is 0. The van der Waals surface area contributed by atoms with Crippen LogP contribution in [0, 0.1) is 12.8 Å². The van der Waals surface area contributed by atoms with Crippen LogP contribution in [0.3, 0.4) is 0 Å². The lowest BCUT2D eigenvalue weighted by atomic mass is 10.0. The van der Waals surface area contributed by atoms with Gasteiger partial charge in [-0.15, -0.1) is 0 Å². The van der Waals surface area contributed by atoms with Crippen LogP contribution in [-0.4, -0.2) is 12.5 Å². The Morgan fingerprint density at radius 2 is 1.76 bits per heavy atom. The lowest BCUT2D eigenvalue weighted by molar-refractivity contribution is -0.120. The predicted molar refractivity (Wildman–Crippen MR) is 72.0 cm³/mol. The highest BCUT2D eigenvalue weighted by molar-refractivity contribution is 5.78. The number of nitrogens with one attached hydrogen (secondary N) is 1. The molecular formula is C15H23NO. The van der Waals surface area contributed by atoms with Crippen LogP contribution < -0.4 is 5.32 Å². The minimum atomic E-state index is 0.126. The zero-order chi connectivity index (χ0) is 12.7. The van der Waals surface area contributed by atoms with Gasteiger partial charge >= 0.3 is 0 Å². The smallest absolute Gasteiger partial charge is 0.224 e. The molecule has 1 aromatic carbocycles. The summed E-state index contributed by atoms with van der Waals surface area (Å²) in [6.45, 7) is 7.19. The first-order chi connectivity index (χ1) is 8.15. The molecule has 2 nitrogen and oxygen atoms in total. The average molecular weight is 233 g/mol. The van der Waals surface area contributed by atoms with Gasteiger partial charge in [-0.1, -0.05) is 56.5 Å².